The second kappa shape index (κ2) is 14.2. The molecule has 2 amide bonds. The standard InChI is InChI=1S/C28H42N2O5S/c1-8-35-17-9-15-30(27(32)28(3,4)5)20-26(31)29(19-23-12-10-21(2)36-23)16-14-22-11-13-24(33-6)25(18-22)34-7/h10-13,18H,8-9,14-17,19-20H2,1-7H3. The fourth-order valence-corrected chi connectivity index (χ4v) is 4.75. The number of nitrogens with zero attached hydrogens (tertiary/aromatic N) is 2. The van der Waals surface area contributed by atoms with Gasteiger partial charge in [0.25, 0.3) is 0 Å². The molecule has 0 saturated heterocycles. The summed E-state index contributed by atoms with van der Waals surface area (Å²) in [6.07, 6.45) is 1.35. The van der Waals surface area contributed by atoms with Crippen LogP contribution >= 0.6 is 11.3 Å². The lowest BCUT2D eigenvalue weighted by Gasteiger charge is -2.31. The minimum atomic E-state index is -0.568. The maximum atomic E-state index is 13.6. The number of rotatable bonds is 14. The van der Waals surface area contributed by atoms with E-state index in [-0.39, 0.29) is 18.4 Å². The van der Waals surface area contributed by atoms with Gasteiger partial charge in [0.1, 0.15) is 0 Å². The Bertz CT molecular complexity index is 983. The first-order chi connectivity index (χ1) is 17.1. The molecule has 8 heteroatoms. The summed E-state index contributed by atoms with van der Waals surface area (Å²) in [5.41, 5.74) is 0.480. The summed E-state index contributed by atoms with van der Waals surface area (Å²) in [4.78, 5) is 32.6. The molecule has 1 heterocycles. The Labute approximate surface area is 220 Å². The zero-order valence-corrected chi connectivity index (χ0v) is 23.7. The summed E-state index contributed by atoms with van der Waals surface area (Å²) in [7, 11) is 3.23. The van der Waals surface area contributed by atoms with Crippen LogP contribution in [0.1, 0.15) is 49.4 Å². The van der Waals surface area contributed by atoms with Crippen LogP contribution in [0.2, 0.25) is 0 Å². The number of carbonyl (C=O) groups is 2. The van der Waals surface area contributed by atoms with Crippen molar-refractivity contribution in [3.63, 3.8) is 0 Å². The van der Waals surface area contributed by atoms with Crippen LogP contribution in [-0.2, 0) is 27.3 Å². The smallest absolute Gasteiger partial charge is 0.242 e. The number of thiophene rings is 1. The van der Waals surface area contributed by atoms with Crippen molar-refractivity contribution in [1.82, 2.24) is 9.80 Å². The fourth-order valence-electron chi connectivity index (χ4n) is 3.84. The van der Waals surface area contributed by atoms with Gasteiger partial charge in [-0.25, -0.2) is 0 Å². The van der Waals surface area contributed by atoms with Crippen molar-refractivity contribution in [2.45, 2.75) is 54.0 Å². The van der Waals surface area contributed by atoms with Crippen molar-refractivity contribution < 1.29 is 23.8 Å². The molecule has 0 aliphatic heterocycles. The normalized spacial score (nSPS) is 11.3. The molecule has 0 aliphatic carbocycles. The highest BCUT2D eigenvalue weighted by Gasteiger charge is 2.29. The van der Waals surface area contributed by atoms with Gasteiger partial charge in [0.05, 0.1) is 27.3 Å². The summed E-state index contributed by atoms with van der Waals surface area (Å²) in [6, 6.07) is 9.95. The monoisotopic (exact) mass is 518 g/mol. The highest BCUT2D eigenvalue weighted by molar-refractivity contribution is 7.11. The van der Waals surface area contributed by atoms with E-state index in [1.807, 2.05) is 50.8 Å². The average molecular weight is 519 g/mol. The van der Waals surface area contributed by atoms with E-state index in [0.29, 0.717) is 57.2 Å². The molecular formula is C28H42N2O5S. The number of carbonyl (C=O) groups excluding carboxylic acids is 2. The minimum absolute atomic E-state index is 0.0286. The van der Waals surface area contributed by atoms with Crippen LogP contribution < -0.4 is 9.47 Å². The Kier molecular flexibility index (Phi) is 11.7. The van der Waals surface area contributed by atoms with Crippen LogP contribution in [0.5, 0.6) is 11.5 Å². The van der Waals surface area contributed by atoms with Gasteiger partial charge in [-0.15, -0.1) is 11.3 Å². The number of hydrogen-bond acceptors (Lipinski definition) is 6. The molecule has 1 aromatic heterocycles. The van der Waals surface area contributed by atoms with Crippen LogP contribution in [0.25, 0.3) is 0 Å². The predicted octanol–water partition coefficient (Wildman–Crippen LogP) is 4.95. The van der Waals surface area contributed by atoms with E-state index in [9.17, 15) is 9.59 Å². The molecule has 1 aromatic carbocycles. The van der Waals surface area contributed by atoms with Gasteiger partial charge >= 0.3 is 0 Å². The van der Waals surface area contributed by atoms with E-state index in [1.165, 1.54) is 4.88 Å². The Hall–Kier alpha value is -2.58. The van der Waals surface area contributed by atoms with Gasteiger partial charge in [-0.3, -0.25) is 9.59 Å². The lowest BCUT2D eigenvalue weighted by atomic mass is 9.94. The number of ether oxygens (including phenoxy) is 3. The van der Waals surface area contributed by atoms with Crippen LogP contribution in [0, 0.1) is 12.3 Å². The molecule has 0 atom stereocenters. The highest BCUT2D eigenvalue weighted by Crippen LogP contribution is 2.28. The summed E-state index contributed by atoms with van der Waals surface area (Å²) < 4.78 is 16.2. The van der Waals surface area contributed by atoms with Crippen molar-refractivity contribution in [3.8, 4) is 11.5 Å². The number of amides is 2. The lowest BCUT2D eigenvalue weighted by Crippen LogP contribution is -2.47. The summed E-state index contributed by atoms with van der Waals surface area (Å²) in [6.45, 7) is 12.5. The third-order valence-corrected chi connectivity index (χ3v) is 6.77. The number of benzene rings is 1. The molecule has 36 heavy (non-hydrogen) atoms. The molecule has 0 bridgehead atoms. The third kappa shape index (κ3) is 9.13. The van der Waals surface area contributed by atoms with E-state index in [1.54, 1.807) is 30.5 Å². The van der Waals surface area contributed by atoms with Crippen molar-refractivity contribution in [1.29, 1.82) is 0 Å². The van der Waals surface area contributed by atoms with Crippen molar-refractivity contribution in [2.24, 2.45) is 5.41 Å². The molecule has 0 saturated carbocycles. The van der Waals surface area contributed by atoms with Gasteiger partial charge in [0.15, 0.2) is 11.5 Å². The molecule has 2 aromatic rings. The number of methoxy groups -OCH3 is 2. The SMILES string of the molecule is CCOCCCN(CC(=O)N(CCc1ccc(OC)c(OC)c1)Cc1ccc(C)s1)C(=O)C(C)(C)C. The van der Waals surface area contributed by atoms with Crippen molar-refractivity contribution >= 4 is 23.2 Å². The second-order valence-electron chi connectivity index (χ2n) is 9.79. The first-order valence-electron chi connectivity index (χ1n) is 12.5. The Morgan fingerprint density at radius 2 is 1.69 bits per heavy atom. The zero-order valence-electron chi connectivity index (χ0n) is 22.9. The van der Waals surface area contributed by atoms with Crippen LogP contribution in [0.15, 0.2) is 30.3 Å². The van der Waals surface area contributed by atoms with Crippen LogP contribution in [0.4, 0.5) is 0 Å². The first kappa shape index (κ1) is 29.6. The molecule has 200 valence electrons. The molecule has 0 unspecified atom stereocenters. The van der Waals surface area contributed by atoms with E-state index < -0.39 is 5.41 Å². The molecule has 0 fully saturated rings. The quantitative estimate of drug-likeness (QED) is 0.331. The largest absolute Gasteiger partial charge is 0.493 e. The highest BCUT2D eigenvalue weighted by atomic mass is 32.1. The predicted molar refractivity (Wildman–Crippen MR) is 145 cm³/mol. The first-order valence-corrected chi connectivity index (χ1v) is 13.3. The van der Waals surface area contributed by atoms with Gasteiger partial charge in [-0.1, -0.05) is 26.8 Å². The van der Waals surface area contributed by atoms with Gasteiger partial charge in [0.2, 0.25) is 11.8 Å². The van der Waals surface area contributed by atoms with E-state index in [4.69, 9.17) is 14.2 Å². The molecule has 0 spiro atoms. The number of hydrogen-bond donors (Lipinski definition) is 0. The van der Waals surface area contributed by atoms with Gasteiger partial charge in [0, 0.05) is 41.5 Å². The Morgan fingerprint density at radius 3 is 2.28 bits per heavy atom. The zero-order chi connectivity index (χ0) is 26.7. The van der Waals surface area contributed by atoms with Crippen LogP contribution in [-0.4, -0.2) is 68.7 Å². The van der Waals surface area contributed by atoms with Gasteiger partial charge < -0.3 is 24.0 Å². The molecule has 0 radical (unpaired) electrons. The third-order valence-electron chi connectivity index (χ3n) is 5.79. The summed E-state index contributed by atoms with van der Waals surface area (Å²) >= 11 is 1.69. The second-order valence-corrected chi connectivity index (χ2v) is 11.2. The maximum absolute atomic E-state index is 13.6. The Morgan fingerprint density at radius 1 is 0.972 bits per heavy atom. The topological polar surface area (TPSA) is 68.3 Å². The molecular weight excluding hydrogens is 476 g/mol. The maximum Gasteiger partial charge on any atom is 0.242 e. The number of aryl methyl sites for hydroxylation is 1. The van der Waals surface area contributed by atoms with E-state index >= 15 is 0 Å². The fraction of sp³-hybridized carbons (Fsp3) is 0.571. The Balaban J connectivity index is 2.19. The summed E-state index contributed by atoms with van der Waals surface area (Å²) in [5.74, 6) is 1.25. The lowest BCUT2D eigenvalue weighted by molar-refractivity contribution is -0.146. The molecule has 7 nitrogen and oxygen atoms in total. The molecule has 2 rings (SSSR count). The van der Waals surface area contributed by atoms with Crippen molar-refractivity contribution in [2.75, 3.05) is 47.1 Å². The van der Waals surface area contributed by atoms with E-state index in [2.05, 4.69) is 19.1 Å². The summed E-state index contributed by atoms with van der Waals surface area (Å²) in [5, 5.41) is 0. The average Bonchev–Trinajstić information content (AvgIpc) is 3.26. The van der Waals surface area contributed by atoms with Crippen molar-refractivity contribution in [3.05, 3.63) is 45.6 Å². The molecule has 0 N–H and O–H groups in total. The van der Waals surface area contributed by atoms with Crippen LogP contribution in [0.3, 0.4) is 0 Å². The van der Waals surface area contributed by atoms with Gasteiger partial charge in [-0.05, 0) is 56.5 Å². The van der Waals surface area contributed by atoms with E-state index in [0.717, 1.165) is 10.4 Å². The molecule has 0 aliphatic rings. The minimum Gasteiger partial charge on any atom is -0.493 e. The van der Waals surface area contributed by atoms with Gasteiger partial charge in [-0.2, -0.15) is 0 Å².